The highest BCUT2D eigenvalue weighted by Gasteiger charge is 2.24. The lowest BCUT2D eigenvalue weighted by Crippen LogP contribution is -2.40. The Morgan fingerprint density at radius 2 is 2.16 bits per heavy atom. The van der Waals surface area contributed by atoms with Crippen molar-refractivity contribution < 1.29 is 9.53 Å². The van der Waals surface area contributed by atoms with E-state index in [4.69, 9.17) is 4.74 Å². The van der Waals surface area contributed by atoms with Crippen LogP contribution in [0, 0.1) is 0 Å². The van der Waals surface area contributed by atoms with Crippen molar-refractivity contribution in [3.63, 3.8) is 0 Å². The summed E-state index contributed by atoms with van der Waals surface area (Å²) in [7, 11) is 3.51. The van der Waals surface area contributed by atoms with Gasteiger partial charge in [0.15, 0.2) is 0 Å². The van der Waals surface area contributed by atoms with E-state index in [0.717, 1.165) is 6.54 Å². The molecule has 0 radical (unpaired) electrons. The lowest BCUT2D eigenvalue weighted by Gasteiger charge is -2.33. The summed E-state index contributed by atoms with van der Waals surface area (Å²) >= 11 is 0. The van der Waals surface area contributed by atoms with E-state index >= 15 is 0 Å². The first-order chi connectivity index (χ1) is 9.20. The van der Waals surface area contributed by atoms with Crippen LogP contribution in [-0.4, -0.2) is 35.1 Å². The van der Waals surface area contributed by atoms with Crippen LogP contribution in [0.2, 0.25) is 0 Å². The van der Waals surface area contributed by atoms with Crippen molar-refractivity contribution in [3.05, 3.63) is 24.0 Å². The maximum Gasteiger partial charge on any atom is 0.319 e. The second-order valence-electron chi connectivity index (χ2n) is 5.38. The molecule has 0 aromatic carbocycles. The molecule has 0 N–H and O–H groups in total. The van der Waals surface area contributed by atoms with Crippen LogP contribution < -0.4 is 0 Å². The van der Waals surface area contributed by atoms with Crippen LogP contribution in [0.25, 0.3) is 0 Å². The minimum Gasteiger partial charge on any atom is -0.468 e. The predicted octanol–water partition coefficient (Wildman–Crippen LogP) is 2.33. The van der Waals surface area contributed by atoms with E-state index in [9.17, 15) is 4.79 Å². The molecule has 0 atom stereocenters. The highest BCUT2D eigenvalue weighted by Crippen LogP contribution is 2.24. The summed E-state index contributed by atoms with van der Waals surface area (Å²) in [5.74, 6) is -0.139. The van der Waals surface area contributed by atoms with Crippen molar-refractivity contribution in [1.82, 2.24) is 9.47 Å². The van der Waals surface area contributed by atoms with Crippen molar-refractivity contribution in [1.29, 1.82) is 0 Å². The van der Waals surface area contributed by atoms with Gasteiger partial charge in [0, 0.05) is 31.5 Å². The molecule has 2 rings (SSSR count). The molecule has 0 bridgehead atoms. The van der Waals surface area contributed by atoms with Gasteiger partial charge in [-0.1, -0.05) is 19.3 Å². The Morgan fingerprint density at radius 3 is 2.74 bits per heavy atom. The van der Waals surface area contributed by atoms with Crippen molar-refractivity contribution >= 4 is 5.97 Å². The zero-order chi connectivity index (χ0) is 13.7. The lowest BCUT2D eigenvalue weighted by atomic mass is 9.94. The van der Waals surface area contributed by atoms with Gasteiger partial charge in [-0.05, 0) is 25.0 Å². The smallest absolute Gasteiger partial charge is 0.319 e. The molecule has 1 heterocycles. The normalized spacial score (nSPS) is 16.8. The van der Waals surface area contributed by atoms with Crippen LogP contribution in [0.3, 0.4) is 0 Å². The van der Waals surface area contributed by atoms with Crippen molar-refractivity contribution in [2.75, 3.05) is 13.7 Å². The van der Waals surface area contributed by atoms with Crippen molar-refractivity contribution in [2.45, 2.75) is 44.7 Å². The quantitative estimate of drug-likeness (QED) is 0.766. The summed E-state index contributed by atoms with van der Waals surface area (Å²) in [6.45, 7) is 1.22. The third kappa shape index (κ3) is 3.83. The lowest BCUT2D eigenvalue weighted by molar-refractivity contribution is -0.143. The van der Waals surface area contributed by atoms with Gasteiger partial charge in [-0.25, -0.2) is 0 Å². The Labute approximate surface area is 115 Å². The minimum atomic E-state index is -0.139. The van der Waals surface area contributed by atoms with Gasteiger partial charge < -0.3 is 9.30 Å². The van der Waals surface area contributed by atoms with Gasteiger partial charge in [-0.2, -0.15) is 0 Å². The van der Waals surface area contributed by atoms with E-state index in [1.54, 1.807) is 0 Å². The number of carbonyl (C=O) groups excluding carboxylic acids is 1. The molecule has 1 aliphatic carbocycles. The first-order valence-corrected chi connectivity index (χ1v) is 7.12. The highest BCUT2D eigenvalue weighted by molar-refractivity contribution is 5.71. The van der Waals surface area contributed by atoms with Crippen LogP contribution in [-0.2, 0) is 23.1 Å². The van der Waals surface area contributed by atoms with Crippen molar-refractivity contribution in [3.8, 4) is 0 Å². The predicted molar refractivity (Wildman–Crippen MR) is 74.7 cm³/mol. The molecule has 1 aliphatic rings. The van der Waals surface area contributed by atoms with Crippen molar-refractivity contribution in [2.24, 2.45) is 7.05 Å². The molecule has 4 heteroatoms. The van der Waals surface area contributed by atoms with Gasteiger partial charge in [0.05, 0.1) is 13.7 Å². The number of methoxy groups -OCH3 is 1. The number of rotatable bonds is 5. The van der Waals surface area contributed by atoms with E-state index in [0.29, 0.717) is 12.6 Å². The number of carbonyl (C=O) groups is 1. The van der Waals surface area contributed by atoms with E-state index in [1.807, 2.05) is 19.3 Å². The Morgan fingerprint density at radius 1 is 1.42 bits per heavy atom. The first kappa shape index (κ1) is 14.1. The summed E-state index contributed by atoms with van der Waals surface area (Å²) in [6.07, 6.45) is 8.31. The summed E-state index contributed by atoms with van der Waals surface area (Å²) < 4.78 is 6.95. The van der Waals surface area contributed by atoms with Gasteiger partial charge in [0.1, 0.15) is 0 Å². The number of esters is 1. The maximum absolute atomic E-state index is 11.6. The van der Waals surface area contributed by atoms with E-state index in [1.165, 1.54) is 44.9 Å². The maximum atomic E-state index is 11.6. The average molecular weight is 264 g/mol. The van der Waals surface area contributed by atoms with Gasteiger partial charge in [0.25, 0.3) is 0 Å². The Bertz CT molecular complexity index is 408. The Kier molecular flexibility index (Phi) is 5.02. The molecule has 1 aromatic rings. The third-order valence-corrected chi connectivity index (χ3v) is 4.07. The largest absolute Gasteiger partial charge is 0.468 e. The third-order valence-electron chi connectivity index (χ3n) is 4.07. The molecule has 0 saturated heterocycles. The molecular weight excluding hydrogens is 240 g/mol. The molecule has 1 saturated carbocycles. The Balaban J connectivity index is 2.04. The van der Waals surface area contributed by atoms with Gasteiger partial charge in [-0.15, -0.1) is 0 Å². The molecule has 106 valence electrons. The van der Waals surface area contributed by atoms with E-state index < -0.39 is 0 Å². The number of aromatic nitrogens is 1. The number of ether oxygens (including phenoxy) is 1. The number of nitrogens with zero attached hydrogens (tertiary/aromatic N) is 2. The van der Waals surface area contributed by atoms with Crippen LogP contribution >= 0.6 is 0 Å². The molecule has 1 fully saturated rings. The average Bonchev–Trinajstić information content (AvgIpc) is 2.84. The topological polar surface area (TPSA) is 34.5 Å². The van der Waals surface area contributed by atoms with Gasteiger partial charge in [0.2, 0.25) is 0 Å². The number of hydrogen-bond donors (Lipinski definition) is 0. The summed E-state index contributed by atoms with van der Waals surface area (Å²) in [6, 6.07) is 4.68. The second-order valence-corrected chi connectivity index (χ2v) is 5.38. The van der Waals surface area contributed by atoms with Gasteiger partial charge >= 0.3 is 5.97 Å². The molecular formula is C15H24N2O2. The SMILES string of the molecule is COC(=O)CN(Cc1cccn1C)C1CCCCC1. The molecule has 0 amide bonds. The zero-order valence-corrected chi connectivity index (χ0v) is 12.0. The summed E-state index contributed by atoms with van der Waals surface area (Å²) in [5.41, 5.74) is 1.24. The van der Waals surface area contributed by atoms with Crippen LogP contribution in [0.4, 0.5) is 0 Å². The number of aryl methyl sites for hydroxylation is 1. The Hall–Kier alpha value is -1.29. The first-order valence-electron chi connectivity index (χ1n) is 7.12. The highest BCUT2D eigenvalue weighted by atomic mass is 16.5. The minimum absolute atomic E-state index is 0.139. The fourth-order valence-corrected chi connectivity index (χ4v) is 2.86. The van der Waals surface area contributed by atoms with Crippen LogP contribution in [0.5, 0.6) is 0 Å². The standard InChI is InChI=1S/C15H24N2O2/c1-16-10-6-9-14(16)11-17(12-15(18)19-2)13-7-4-3-5-8-13/h6,9-10,13H,3-5,7-8,11-12H2,1-2H3. The fourth-order valence-electron chi connectivity index (χ4n) is 2.86. The van der Waals surface area contributed by atoms with E-state index in [2.05, 4.69) is 15.5 Å². The summed E-state index contributed by atoms with van der Waals surface area (Å²) in [4.78, 5) is 13.9. The molecule has 0 unspecified atom stereocenters. The molecule has 4 nitrogen and oxygen atoms in total. The monoisotopic (exact) mass is 264 g/mol. The molecule has 1 aromatic heterocycles. The molecule has 0 spiro atoms. The van der Waals surface area contributed by atoms with Crippen LogP contribution in [0.1, 0.15) is 37.8 Å². The zero-order valence-electron chi connectivity index (χ0n) is 12.0. The second kappa shape index (κ2) is 6.75. The fraction of sp³-hybridized carbons (Fsp3) is 0.667. The molecule has 0 aliphatic heterocycles. The van der Waals surface area contributed by atoms with Crippen LogP contribution in [0.15, 0.2) is 18.3 Å². The molecule has 19 heavy (non-hydrogen) atoms. The number of hydrogen-bond acceptors (Lipinski definition) is 3. The summed E-state index contributed by atoms with van der Waals surface area (Å²) in [5, 5.41) is 0. The van der Waals surface area contributed by atoms with E-state index in [-0.39, 0.29) is 5.97 Å². The van der Waals surface area contributed by atoms with Gasteiger partial charge in [-0.3, -0.25) is 9.69 Å².